The van der Waals surface area contributed by atoms with Crippen molar-refractivity contribution in [3.63, 3.8) is 0 Å². The number of furan rings is 1. The molecule has 0 bridgehead atoms. The number of hydrogen-bond acceptors (Lipinski definition) is 6. The fourth-order valence-corrected chi connectivity index (χ4v) is 2.62. The van der Waals surface area contributed by atoms with Gasteiger partial charge in [-0.15, -0.1) is 21.5 Å². The van der Waals surface area contributed by atoms with Crippen LogP contribution in [-0.2, 0) is 17.8 Å². The Labute approximate surface area is 131 Å². The van der Waals surface area contributed by atoms with Crippen LogP contribution in [0.1, 0.15) is 22.9 Å². The highest BCUT2D eigenvalue weighted by Gasteiger charge is 2.13. The van der Waals surface area contributed by atoms with Gasteiger partial charge < -0.3 is 14.2 Å². The third-order valence-corrected chi connectivity index (χ3v) is 4.04. The predicted octanol–water partition coefficient (Wildman–Crippen LogP) is 2.95. The van der Waals surface area contributed by atoms with Crippen molar-refractivity contribution in [1.29, 1.82) is 0 Å². The third-order valence-electron chi connectivity index (χ3n) is 3.16. The first kappa shape index (κ1) is 14.5. The second kappa shape index (κ2) is 6.57. The van der Waals surface area contributed by atoms with Crippen molar-refractivity contribution in [3.05, 3.63) is 46.4 Å². The summed E-state index contributed by atoms with van der Waals surface area (Å²) in [6, 6.07) is 5.73. The normalized spacial score (nSPS) is 10.8. The number of amides is 1. The number of carbonyl (C=O) groups is 1. The lowest BCUT2D eigenvalue weighted by molar-refractivity contribution is -0.121. The molecule has 22 heavy (non-hydrogen) atoms. The Balaban J connectivity index is 1.50. The number of nitrogens with zero attached hydrogens (tertiary/aromatic N) is 2. The van der Waals surface area contributed by atoms with Gasteiger partial charge in [0.25, 0.3) is 5.89 Å². The van der Waals surface area contributed by atoms with E-state index in [-0.39, 0.29) is 5.91 Å². The largest absolute Gasteiger partial charge is 0.469 e. The Morgan fingerprint density at radius 3 is 3.00 bits per heavy atom. The second-order valence-corrected chi connectivity index (χ2v) is 5.78. The van der Waals surface area contributed by atoms with Crippen LogP contribution < -0.4 is 5.32 Å². The van der Waals surface area contributed by atoms with Gasteiger partial charge in [-0.3, -0.25) is 4.79 Å². The van der Waals surface area contributed by atoms with Crippen molar-refractivity contribution >= 4 is 17.2 Å². The van der Waals surface area contributed by atoms with E-state index in [1.54, 1.807) is 23.7 Å². The lowest BCUT2D eigenvalue weighted by Crippen LogP contribution is -2.22. The van der Waals surface area contributed by atoms with E-state index in [1.807, 2.05) is 24.4 Å². The van der Waals surface area contributed by atoms with Crippen LogP contribution in [0.3, 0.4) is 0 Å². The van der Waals surface area contributed by atoms with E-state index >= 15 is 0 Å². The highest BCUT2D eigenvalue weighted by molar-refractivity contribution is 7.09. The van der Waals surface area contributed by atoms with Crippen LogP contribution in [0, 0.1) is 6.92 Å². The predicted molar refractivity (Wildman–Crippen MR) is 81.2 cm³/mol. The van der Waals surface area contributed by atoms with Crippen LogP contribution in [0.25, 0.3) is 11.5 Å². The molecule has 7 heteroatoms. The van der Waals surface area contributed by atoms with Crippen molar-refractivity contribution in [2.45, 2.75) is 26.3 Å². The molecule has 1 amide bonds. The van der Waals surface area contributed by atoms with E-state index in [1.165, 1.54) is 0 Å². The molecule has 0 spiro atoms. The number of thiophene rings is 1. The first-order valence-corrected chi connectivity index (χ1v) is 7.76. The minimum absolute atomic E-state index is 0.0346. The molecule has 3 rings (SSSR count). The van der Waals surface area contributed by atoms with E-state index in [9.17, 15) is 4.79 Å². The average molecular weight is 317 g/mol. The van der Waals surface area contributed by atoms with Crippen molar-refractivity contribution in [1.82, 2.24) is 15.5 Å². The van der Waals surface area contributed by atoms with Crippen LogP contribution in [0.4, 0.5) is 0 Å². The Morgan fingerprint density at radius 1 is 1.36 bits per heavy atom. The number of hydrogen-bond donors (Lipinski definition) is 1. The number of nitrogens with one attached hydrogen (secondary N) is 1. The second-order valence-electron chi connectivity index (χ2n) is 4.75. The third kappa shape index (κ3) is 3.43. The highest BCUT2D eigenvalue weighted by Crippen LogP contribution is 2.22. The summed E-state index contributed by atoms with van der Waals surface area (Å²) < 4.78 is 10.8. The maximum absolute atomic E-state index is 11.8. The van der Waals surface area contributed by atoms with Crippen molar-refractivity contribution < 1.29 is 13.6 Å². The summed E-state index contributed by atoms with van der Waals surface area (Å²) in [5.74, 6) is 1.55. The summed E-state index contributed by atoms with van der Waals surface area (Å²) in [6.07, 6.45) is 2.31. The standard InChI is InChI=1S/C15H15N3O3S/c1-10-12(6-7-20-10)15-18-17-14(21-15)5-4-13(19)16-9-11-3-2-8-22-11/h2-3,6-8H,4-5,9H2,1H3,(H,16,19). The molecule has 0 aromatic carbocycles. The van der Waals surface area contributed by atoms with E-state index in [2.05, 4.69) is 15.5 Å². The molecule has 3 heterocycles. The van der Waals surface area contributed by atoms with Gasteiger partial charge in [0.05, 0.1) is 18.4 Å². The molecule has 1 N–H and O–H groups in total. The molecule has 0 radical (unpaired) electrons. The van der Waals surface area contributed by atoms with Crippen molar-refractivity contribution in [2.24, 2.45) is 0 Å². The molecule has 0 saturated carbocycles. The van der Waals surface area contributed by atoms with E-state index in [0.29, 0.717) is 31.2 Å². The number of rotatable bonds is 6. The summed E-state index contributed by atoms with van der Waals surface area (Å²) >= 11 is 1.62. The van der Waals surface area contributed by atoms with E-state index in [4.69, 9.17) is 8.83 Å². The molecule has 0 aliphatic carbocycles. The van der Waals surface area contributed by atoms with Gasteiger partial charge in [0.1, 0.15) is 5.76 Å². The molecule has 6 nitrogen and oxygen atoms in total. The highest BCUT2D eigenvalue weighted by atomic mass is 32.1. The van der Waals surface area contributed by atoms with Crippen molar-refractivity contribution in [2.75, 3.05) is 0 Å². The number of carbonyl (C=O) groups excluding carboxylic acids is 1. The fourth-order valence-electron chi connectivity index (χ4n) is 1.98. The smallest absolute Gasteiger partial charge is 0.251 e. The van der Waals surface area contributed by atoms with Gasteiger partial charge in [-0.1, -0.05) is 6.07 Å². The molecule has 3 aromatic rings. The SMILES string of the molecule is Cc1occc1-c1nnc(CCC(=O)NCc2cccs2)o1. The monoisotopic (exact) mass is 317 g/mol. The first-order valence-electron chi connectivity index (χ1n) is 6.88. The molecular weight excluding hydrogens is 302 g/mol. The molecule has 0 fully saturated rings. The minimum Gasteiger partial charge on any atom is -0.469 e. The van der Waals surface area contributed by atoms with Crippen LogP contribution in [0.15, 0.2) is 38.7 Å². The topological polar surface area (TPSA) is 81.2 Å². The molecule has 0 unspecified atom stereocenters. The molecule has 0 aliphatic heterocycles. The zero-order chi connectivity index (χ0) is 15.4. The maximum Gasteiger partial charge on any atom is 0.251 e. The van der Waals surface area contributed by atoms with E-state index < -0.39 is 0 Å². The summed E-state index contributed by atoms with van der Waals surface area (Å²) in [5, 5.41) is 12.8. The fraction of sp³-hybridized carbons (Fsp3) is 0.267. The van der Waals surface area contributed by atoms with Crippen LogP contribution in [0.5, 0.6) is 0 Å². The Hall–Kier alpha value is -2.41. The van der Waals surface area contributed by atoms with Gasteiger partial charge in [0.15, 0.2) is 0 Å². The van der Waals surface area contributed by atoms with Gasteiger partial charge in [0.2, 0.25) is 11.8 Å². The van der Waals surface area contributed by atoms with Gasteiger partial charge in [-0.05, 0) is 24.4 Å². The minimum atomic E-state index is -0.0346. The molecule has 0 aliphatic rings. The van der Waals surface area contributed by atoms with Gasteiger partial charge >= 0.3 is 0 Å². The Kier molecular flexibility index (Phi) is 4.34. The summed E-state index contributed by atoms with van der Waals surface area (Å²) in [5.41, 5.74) is 0.779. The van der Waals surface area contributed by atoms with Gasteiger partial charge in [-0.25, -0.2) is 0 Å². The van der Waals surface area contributed by atoms with Crippen LogP contribution >= 0.6 is 11.3 Å². The lowest BCUT2D eigenvalue weighted by atomic mass is 10.2. The molecule has 114 valence electrons. The molecule has 3 aromatic heterocycles. The molecular formula is C15H15N3O3S. The summed E-state index contributed by atoms with van der Waals surface area (Å²) in [6.45, 7) is 2.39. The lowest BCUT2D eigenvalue weighted by Gasteiger charge is -2.01. The summed E-state index contributed by atoms with van der Waals surface area (Å²) in [4.78, 5) is 12.9. The quantitative estimate of drug-likeness (QED) is 0.756. The zero-order valence-electron chi connectivity index (χ0n) is 12.0. The van der Waals surface area contributed by atoms with Gasteiger partial charge in [-0.2, -0.15) is 0 Å². The van der Waals surface area contributed by atoms with Crippen LogP contribution in [0.2, 0.25) is 0 Å². The molecule has 0 saturated heterocycles. The first-order chi connectivity index (χ1) is 10.7. The molecule has 0 atom stereocenters. The van der Waals surface area contributed by atoms with Crippen molar-refractivity contribution in [3.8, 4) is 11.5 Å². The Bertz CT molecular complexity index is 746. The Morgan fingerprint density at radius 2 is 2.27 bits per heavy atom. The number of aryl methyl sites for hydroxylation is 2. The maximum atomic E-state index is 11.8. The zero-order valence-corrected chi connectivity index (χ0v) is 12.9. The van der Waals surface area contributed by atoms with Crippen LogP contribution in [-0.4, -0.2) is 16.1 Å². The van der Waals surface area contributed by atoms with E-state index in [0.717, 1.165) is 16.2 Å². The summed E-state index contributed by atoms with van der Waals surface area (Å²) in [7, 11) is 0. The number of aromatic nitrogens is 2. The van der Waals surface area contributed by atoms with Gasteiger partial charge in [0, 0.05) is 17.7 Å². The average Bonchev–Trinajstić information content (AvgIpc) is 3.24.